The molecular formula is C16H21NO2. The molecular weight excluding hydrogens is 238 g/mol. The van der Waals surface area contributed by atoms with Gasteiger partial charge >= 0.3 is 6.09 Å². The van der Waals surface area contributed by atoms with E-state index in [1.807, 2.05) is 35.2 Å². The third kappa shape index (κ3) is 2.75. The van der Waals surface area contributed by atoms with Gasteiger partial charge in [-0.2, -0.15) is 0 Å². The molecule has 19 heavy (non-hydrogen) atoms. The average molecular weight is 259 g/mol. The van der Waals surface area contributed by atoms with Crippen molar-refractivity contribution in [3.63, 3.8) is 0 Å². The summed E-state index contributed by atoms with van der Waals surface area (Å²) in [5, 5.41) is 0. The number of carbonyl (C=O) groups is 1. The number of ether oxygens (including phenoxy) is 1. The molecule has 3 nitrogen and oxygen atoms in total. The van der Waals surface area contributed by atoms with E-state index < -0.39 is 0 Å². The second-order valence-electron chi connectivity index (χ2n) is 5.63. The lowest BCUT2D eigenvalue weighted by molar-refractivity contribution is 0.0618. The Morgan fingerprint density at radius 1 is 1.05 bits per heavy atom. The van der Waals surface area contributed by atoms with Crippen LogP contribution >= 0.6 is 0 Å². The quantitative estimate of drug-likeness (QED) is 0.767. The molecule has 1 aromatic carbocycles. The first-order valence-electron chi connectivity index (χ1n) is 7.38. The van der Waals surface area contributed by atoms with Gasteiger partial charge in [0.1, 0.15) is 5.75 Å². The number of carbonyl (C=O) groups excluding carboxylic acids is 1. The van der Waals surface area contributed by atoms with Crippen molar-refractivity contribution >= 4 is 6.09 Å². The van der Waals surface area contributed by atoms with Crippen molar-refractivity contribution in [1.29, 1.82) is 0 Å². The van der Waals surface area contributed by atoms with Gasteiger partial charge in [-0.05, 0) is 43.7 Å². The van der Waals surface area contributed by atoms with Crippen molar-refractivity contribution in [2.75, 3.05) is 6.54 Å². The monoisotopic (exact) mass is 259 g/mol. The van der Waals surface area contributed by atoms with E-state index in [9.17, 15) is 4.79 Å². The van der Waals surface area contributed by atoms with E-state index in [1.165, 1.54) is 25.7 Å². The van der Waals surface area contributed by atoms with Gasteiger partial charge in [0.25, 0.3) is 0 Å². The van der Waals surface area contributed by atoms with Crippen molar-refractivity contribution in [3.05, 3.63) is 30.3 Å². The molecule has 102 valence electrons. The number of amides is 1. The van der Waals surface area contributed by atoms with E-state index in [0.29, 0.717) is 17.7 Å². The van der Waals surface area contributed by atoms with E-state index in [0.717, 1.165) is 19.4 Å². The van der Waals surface area contributed by atoms with E-state index in [4.69, 9.17) is 4.74 Å². The fraction of sp³-hybridized carbons (Fsp3) is 0.562. The fourth-order valence-electron chi connectivity index (χ4n) is 3.50. The van der Waals surface area contributed by atoms with Gasteiger partial charge in [-0.1, -0.05) is 31.0 Å². The Balaban J connectivity index is 1.68. The first-order valence-corrected chi connectivity index (χ1v) is 7.38. The van der Waals surface area contributed by atoms with Gasteiger partial charge in [0, 0.05) is 12.6 Å². The number of likely N-dealkylation sites (tertiary alicyclic amines) is 1. The first-order chi connectivity index (χ1) is 9.34. The highest BCUT2D eigenvalue weighted by atomic mass is 16.6. The number of fused-ring (bicyclic) bond motifs is 1. The van der Waals surface area contributed by atoms with Crippen molar-refractivity contribution in [3.8, 4) is 5.75 Å². The van der Waals surface area contributed by atoms with Gasteiger partial charge in [0.2, 0.25) is 0 Å². The molecule has 0 N–H and O–H groups in total. The van der Waals surface area contributed by atoms with Crippen LogP contribution in [-0.4, -0.2) is 23.6 Å². The molecule has 1 aliphatic carbocycles. The van der Waals surface area contributed by atoms with Gasteiger partial charge in [-0.25, -0.2) is 4.79 Å². The van der Waals surface area contributed by atoms with E-state index in [-0.39, 0.29) is 6.09 Å². The molecule has 0 spiro atoms. The zero-order valence-corrected chi connectivity index (χ0v) is 11.3. The maximum Gasteiger partial charge on any atom is 0.415 e. The Kier molecular flexibility index (Phi) is 3.72. The summed E-state index contributed by atoms with van der Waals surface area (Å²) in [6, 6.07) is 9.79. The molecule has 2 atom stereocenters. The van der Waals surface area contributed by atoms with Crippen LogP contribution in [0, 0.1) is 5.92 Å². The van der Waals surface area contributed by atoms with Crippen molar-refractivity contribution in [2.45, 2.75) is 44.6 Å². The Bertz CT molecular complexity index is 430. The second-order valence-corrected chi connectivity index (χ2v) is 5.63. The van der Waals surface area contributed by atoms with Crippen LogP contribution in [-0.2, 0) is 0 Å². The Labute approximate surface area is 114 Å². The molecule has 0 radical (unpaired) electrons. The van der Waals surface area contributed by atoms with Gasteiger partial charge in [-0.3, -0.25) is 0 Å². The average Bonchev–Trinajstić information content (AvgIpc) is 2.47. The van der Waals surface area contributed by atoms with Crippen LogP contribution < -0.4 is 4.74 Å². The number of benzene rings is 1. The largest absolute Gasteiger partial charge is 0.415 e. The van der Waals surface area contributed by atoms with E-state index in [1.54, 1.807) is 0 Å². The van der Waals surface area contributed by atoms with Gasteiger partial charge in [0.05, 0.1) is 0 Å². The summed E-state index contributed by atoms with van der Waals surface area (Å²) in [6.07, 6.45) is 7.22. The molecule has 1 aliphatic heterocycles. The number of hydrogen-bond donors (Lipinski definition) is 0. The van der Waals surface area contributed by atoms with Crippen LogP contribution in [0.2, 0.25) is 0 Å². The maximum absolute atomic E-state index is 12.3. The predicted octanol–water partition coefficient (Wildman–Crippen LogP) is 3.84. The molecule has 0 unspecified atom stereocenters. The van der Waals surface area contributed by atoms with Crippen molar-refractivity contribution < 1.29 is 9.53 Å². The van der Waals surface area contributed by atoms with Crippen LogP contribution in [0.25, 0.3) is 0 Å². The Morgan fingerprint density at radius 2 is 1.79 bits per heavy atom. The number of rotatable bonds is 1. The molecule has 1 saturated carbocycles. The molecule has 3 heteroatoms. The summed E-state index contributed by atoms with van der Waals surface area (Å²) in [6.45, 7) is 0.854. The number of para-hydroxylation sites is 1. The lowest BCUT2D eigenvalue weighted by Gasteiger charge is -2.43. The minimum absolute atomic E-state index is 0.164. The van der Waals surface area contributed by atoms with Crippen molar-refractivity contribution in [2.24, 2.45) is 5.92 Å². The molecule has 0 aromatic heterocycles. The highest BCUT2D eigenvalue weighted by Gasteiger charge is 2.36. The fourth-order valence-corrected chi connectivity index (χ4v) is 3.50. The first kappa shape index (κ1) is 12.5. The van der Waals surface area contributed by atoms with E-state index >= 15 is 0 Å². The summed E-state index contributed by atoms with van der Waals surface area (Å²) < 4.78 is 5.49. The maximum atomic E-state index is 12.3. The number of hydrogen-bond acceptors (Lipinski definition) is 2. The molecule has 2 fully saturated rings. The SMILES string of the molecule is O=C(Oc1ccccc1)N1CCC[C@H]2CCCC[C@H]21. The molecule has 1 amide bonds. The summed E-state index contributed by atoms with van der Waals surface area (Å²) in [5.74, 6) is 1.34. The van der Waals surface area contributed by atoms with Crippen LogP contribution in [0.1, 0.15) is 38.5 Å². The molecule has 0 bridgehead atoms. The molecule has 1 aromatic rings. The third-order valence-corrected chi connectivity index (χ3v) is 4.43. The highest BCUT2D eigenvalue weighted by Crippen LogP contribution is 2.35. The third-order valence-electron chi connectivity index (χ3n) is 4.43. The minimum atomic E-state index is -0.164. The predicted molar refractivity (Wildman–Crippen MR) is 74.2 cm³/mol. The normalized spacial score (nSPS) is 26.6. The number of piperidine rings is 1. The minimum Gasteiger partial charge on any atom is -0.410 e. The number of nitrogens with zero attached hydrogens (tertiary/aromatic N) is 1. The van der Waals surface area contributed by atoms with Gasteiger partial charge in [0.15, 0.2) is 0 Å². The van der Waals surface area contributed by atoms with Crippen LogP contribution in [0.3, 0.4) is 0 Å². The summed E-state index contributed by atoms with van der Waals surface area (Å²) in [7, 11) is 0. The second kappa shape index (κ2) is 5.64. The lowest BCUT2D eigenvalue weighted by Crippen LogP contribution is -2.50. The van der Waals surface area contributed by atoms with Gasteiger partial charge in [-0.15, -0.1) is 0 Å². The molecule has 3 rings (SSSR count). The summed E-state index contributed by atoms with van der Waals surface area (Å²) in [5.41, 5.74) is 0. The Hall–Kier alpha value is -1.51. The van der Waals surface area contributed by atoms with Crippen LogP contribution in [0.15, 0.2) is 30.3 Å². The molecule has 1 saturated heterocycles. The summed E-state index contributed by atoms with van der Waals surface area (Å²) in [4.78, 5) is 14.3. The smallest absolute Gasteiger partial charge is 0.410 e. The molecule has 2 aliphatic rings. The Morgan fingerprint density at radius 3 is 2.63 bits per heavy atom. The van der Waals surface area contributed by atoms with E-state index in [2.05, 4.69) is 0 Å². The van der Waals surface area contributed by atoms with Gasteiger partial charge < -0.3 is 9.64 Å². The standard InChI is InChI=1S/C16H21NO2/c18-16(19-14-9-2-1-3-10-14)17-12-6-8-13-7-4-5-11-15(13)17/h1-3,9-10,13,15H,4-8,11-12H2/t13-,15-/m1/s1. The highest BCUT2D eigenvalue weighted by molar-refractivity contribution is 5.71. The summed E-state index contributed by atoms with van der Waals surface area (Å²) >= 11 is 0. The zero-order valence-electron chi connectivity index (χ0n) is 11.3. The zero-order chi connectivity index (χ0) is 13.1. The topological polar surface area (TPSA) is 29.5 Å². The van der Waals surface area contributed by atoms with Crippen molar-refractivity contribution in [1.82, 2.24) is 4.90 Å². The molecule has 1 heterocycles. The van der Waals surface area contributed by atoms with Crippen LogP contribution in [0.4, 0.5) is 4.79 Å². The van der Waals surface area contributed by atoms with Crippen LogP contribution in [0.5, 0.6) is 5.75 Å². The lowest BCUT2D eigenvalue weighted by atomic mass is 9.78.